The molecule has 1 heterocycles. The number of nitrogens with zero attached hydrogens (tertiary/aromatic N) is 2. The lowest BCUT2D eigenvalue weighted by Gasteiger charge is -2.48. The van der Waals surface area contributed by atoms with Crippen LogP contribution in [0.5, 0.6) is 0 Å². The smallest absolute Gasteiger partial charge is 0.0631 e. The van der Waals surface area contributed by atoms with Gasteiger partial charge in [0.2, 0.25) is 0 Å². The molecule has 0 spiro atoms. The average molecular weight is 242 g/mol. The molecule has 0 aromatic heterocycles. The van der Waals surface area contributed by atoms with Gasteiger partial charge in [-0.15, -0.1) is 0 Å². The van der Waals surface area contributed by atoms with Crippen LogP contribution in [-0.4, -0.2) is 24.5 Å². The number of benzene rings is 1. The van der Waals surface area contributed by atoms with E-state index < -0.39 is 0 Å². The van der Waals surface area contributed by atoms with Crippen molar-refractivity contribution >= 4 is 0 Å². The third kappa shape index (κ3) is 2.15. The number of likely N-dealkylation sites (tertiary alicyclic amines) is 1. The summed E-state index contributed by atoms with van der Waals surface area (Å²) < 4.78 is 0. The fourth-order valence-electron chi connectivity index (χ4n) is 3.33. The van der Waals surface area contributed by atoms with E-state index in [4.69, 9.17) is 0 Å². The predicted molar refractivity (Wildman–Crippen MR) is 74.2 cm³/mol. The maximum absolute atomic E-state index is 9.25. The summed E-state index contributed by atoms with van der Waals surface area (Å²) in [7, 11) is 2.18. The summed E-state index contributed by atoms with van der Waals surface area (Å²) in [5.41, 5.74) is 1.36. The molecule has 0 amide bonds. The van der Waals surface area contributed by atoms with Gasteiger partial charge in [-0.05, 0) is 31.9 Å². The Morgan fingerprint density at radius 1 is 1.33 bits per heavy atom. The average Bonchev–Trinajstić information content (AvgIpc) is 2.37. The normalized spacial score (nSPS) is 33.0. The molecule has 1 fully saturated rings. The third-order valence-corrected chi connectivity index (χ3v) is 4.66. The summed E-state index contributed by atoms with van der Waals surface area (Å²) in [6, 6.07) is 13.6. The van der Waals surface area contributed by atoms with Gasteiger partial charge in [0.15, 0.2) is 0 Å². The summed E-state index contributed by atoms with van der Waals surface area (Å²) in [6.07, 6.45) is 1.69. The summed E-state index contributed by atoms with van der Waals surface area (Å²) in [5.74, 6) is 0.515. The molecule has 3 atom stereocenters. The highest BCUT2D eigenvalue weighted by molar-refractivity contribution is 5.29. The lowest BCUT2D eigenvalue weighted by molar-refractivity contribution is 0.0770. The zero-order chi connectivity index (χ0) is 13.2. The van der Waals surface area contributed by atoms with Crippen LogP contribution < -0.4 is 0 Å². The molecule has 18 heavy (non-hydrogen) atoms. The summed E-state index contributed by atoms with van der Waals surface area (Å²) in [6.45, 7) is 5.62. The van der Waals surface area contributed by atoms with Gasteiger partial charge in [0.1, 0.15) is 0 Å². The van der Waals surface area contributed by atoms with Gasteiger partial charge in [-0.1, -0.05) is 37.3 Å². The lowest BCUT2D eigenvalue weighted by atomic mass is 9.63. The first-order valence-corrected chi connectivity index (χ1v) is 6.73. The molecule has 1 aromatic rings. The van der Waals surface area contributed by atoms with E-state index >= 15 is 0 Å². The highest BCUT2D eigenvalue weighted by Gasteiger charge is 2.43. The molecule has 0 bridgehead atoms. The Hall–Kier alpha value is -1.33. The van der Waals surface area contributed by atoms with Gasteiger partial charge in [-0.25, -0.2) is 0 Å². The van der Waals surface area contributed by atoms with Crippen molar-refractivity contribution in [1.82, 2.24) is 4.90 Å². The minimum absolute atomic E-state index is 0.0297. The van der Waals surface area contributed by atoms with Crippen molar-refractivity contribution in [3.63, 3.8) is 0 Å². The van der Waals surface area contributed by atoms with E-state index in [0.29, 0.717) is 18.4 Å². The van der Waals surface area contributed by atoms with Crippen molar-refractivity contribution in [3.05, 3.63) is 35.9 Å². The Bertz CT molecular complexity index is 434. The zero-order valence-corrected chi connectivity index (χ0v) is 11.6. The van der Waals surface area contributed by atoms with Crippen LogP contribution >= 0.6 is 0 Å². The van der Waals surface area contributed by atoms with Crippen molar-refractivity contribution in [3.8, 4) is 6.07 Å². The van der Waals surface area contributed by atoms with Crippen LogP contribution in [0.3, 0.4) is 0 Å². The Morgan fingerprint density at radius 2 is 2.00 bits per heavy atom. The molecular weight excluding hydrogens is 220 g/mol. The van der Waals surface area contributed by atoms with E-state index in [2.05, 4.69) is 56.1 Å². The van der Waals surface area contributed by atoms with E-state index in [1.165, 1.54) is 5.56 Å². The van der Waals surface area contributed by atoms with Gasteiger partial charge < -0.3 is 4.90 Å². The van der Waals surface area contributed by atoms with Crippen LogP contribution in [0.25, 0.3) is 0 Å². The number of piperidine rings is 1. The van der Waals surface area contributed by atoms with Crippen molar-refractivity contribution < 1.29 is 0 Å². The van der Waals surface area contributed by atoms with E-state index in [0.717, 1.165) is 13.0 Å². The maximum Gasteiger partial charge on any atom is 0.0631 e. The van der Waals surface area contributed by atoms with Crippen LogP contribution in [-0.2, 0) is 5.41 Å². The molecule has 2 rings (SSSR count). The predicted octanol–water partition coefficient (Wildman–Crippen LogP) is 3.20. The highest BCUT2D eigenvalue weighted by atomic mass is 15.1. The minimum atomic E-state index is 0.0297. The SMILES string of the molecule is C[C@@H]1C[C@](CC#N)(c2ccccc2)[C@H](C)CN1C. The minimum Gasteiger partial charge on any atom is -0.303 e. The molecule has 96 valence electrons. The molecule has 0 aliphatic carbocycles. The number of nitriles is 1. The molecule has 0 N–H and O–H groups in total. The van der Waals surface area contributed by atoms with E-state index in [1.54, 1.807) is 0 Å². The quantitative estimate of drug-likeness (QED) is 0.796. The fourth-order valence-corrected chi connectivity index (χ4v) is 3.33. The van der Waals surface area contributed by atoms with Gasteiger partial charge >= 0.3 is 0 Å². The van der Waals surface area contributed by atoms with Gasteiger partial charge in [0.05, 0.1) is 6.07 Å². The molecule has 1 aliphatic heterocycles. The van der Waals surface area contributed by atoms with Crippen LogP contribution in [0.4, 0.5) is 0 Å². The molecule has 2 heteroatoms. The van der Waals surface area contributed by atoms with E-state index in [-0.39, 0.29) is 5.41 Å². The second-order valence-corrected chi connectivity index (χ2v) is 5.75. The Labute approximate surface area is 110 Å². The summed E-state index contributed by atoms with van der Waals surface area (Å²) in [4.78, 5) is 2.41. The van der Waals surface area contributed by atoms with E-state index in [9.17, 15) is 5.26 Å². The first-order valence-electron chi connectivity index (χ1n) is 6.73. The topological polar surface area (TPSA) is 27.0 Å². The Balaban J connectivity index is 2.41. The number of rotatable bonds is 2. The van der Waals surface area contributed by atoms with Crippen molar-refractivity contribution in [1.29, 1.82) is 5.26 Å². The lowest BCUT2D eigenvalue weighted by Crippen LogP contribution is -2.51. The largest absolute Gasteiger partial charge is 0.303 e. The zero-order valence-electron chi connectivity index (χ0n) is 11.6. The highest BCUT2D eigenvalue weighted by Crippen LogP contribution is 2.44. The molecule has 2 nitrogen and oxygen atoms in total. The van der Waals surface area contributed by atoms with Crippen molar-refractivity contribution in [2.24, 2.45) is 5.92 Å². The van der Waals surface area contributed by atoms with Gasteiger partial charge in [0, 0.05) is 24.4 Å². The van der Waals surface area contributed by atoms with Gasteiger partial charge in [-0.3, -0.25) is 0 Å². The number of hydrogen-bond donors (Lipinski definition) is 0. The first-order chi connectivity index (χ1) is 8.60. The van der Waals surface area contributed by atoms with Crippen LogP contribution in [0.2, 0.25) is 0 Å². The maximum atomic E-state index is 9.25. The second-order valence-electron chi connectivity index (χ2n) is 5.75. The van der Waals surface area contributed by atoms with Crippen LogP contribution in [0, 0.1) is 17.2 Å². The first kappa shape index (κ1) is 13.1. The van der Waals surface area contributed by atoms with Crippen LogP contribution in [0.1, 0.15) is 32.3 Å². The fraction of sp³-hybridized carbons (Fsp3) is 0.562. The standard InChI is InChI=1S/C16H22N2/c1-13-12-18(3)14(2)11-16(13,9-10-17)15-7-5-4-6-8-15/h4-8,13-14H,9,11-12H2,1-3H3/t13-,14-,16+/m1/s1. The second kappa shape index (κ2) is 5.12. The molecule has 1 aromatic carbocycles. The molecule has 1 saturated heterocycles. The third-order valence-electron chi connectivity index (χ3n) is 4.66. The number of hydrogen-bond acceptors (Lipinski definition) is 2. The molecule has 0 radical (unpaired) electrons. The Morgan fingerprint density at radius 3 is 2.61 bits per heavy atom. The van der Waals surface area contributed by atoms with Gasteiger partial charge in [0.25, 0.3) is 0 Å². The van der Waals surface area contributed by atoms with Crippen molar-refractivity contribution in [2.75, 3.05) is 13.6 Å². The summed E-state index contributed by atoms with van der Waals surface area (Å²) in [5, 5.41) is 9.25. The van der Waals surface area contributed by atoms with Gasteiger partial charge in [-0.2, -0.15) is 5.26 Å². The summed E-state index contributed by atoms with van der Waals surface area (Å²) >= 11 is 0. The van der Waals surface area contributed by atoms with Crippen LogP contribution in [0.15, 0.2) is 30.3 Å². The molecule has 0 unspecified atom stereocenters. The Kier molecular flexibility index (Phi) is 3.73. The molecule has 0 saturated carbocycles. The molecule has 1 aliphatic rings. The molecular formula is C16H22N2. The van der Waals surface area contributed by atoms with Crippen molar-refractivity contribution in [2.45, 2.75) is 38.1 Å². The van der Waals surface area contributed by atoms with E-state index in [1.807, 2.05) is 6.07 Å². The monoisotopic (exact) mass is 242 g/mol.